The minimum absolute atomic E-state index is 0.0168. The van der Waals surface area contributed by atoms with Gasteiger partial charge in [0.1, 0.15) is 29.3 Å². The molecule has 0 spiro atoms. The van der Waals surface area contributed by atoms with Gasteiger partial charge in [0.05, 0.1) is 40.7 Å². The minimum atomic E-state index is -0.618. The van der Waals surface area contributed by atoms with Crippen molar-refractivity contribution in [2.45, 2.75) is 46.6 Å². The number of anilines is 1. The van der Waals surface area contributed by atoms with Crippen LogP contribution in [0.5, 0.6) is 5.75 Å². The maximum absolute atomic E-state index is 15.4. The molecule has 1 saturated heterocycles. The molecule has 0 amide bonds. The van der Waals surface area contributed by atoms with Gasteiger partial charge < -0.3 is 14.5 Å². The Bertz CT molecular complexity index is 1840. The third-order valence-electron chi connectivity index (χ3n) is 7.62. The number of piperazine rings is 1. The molecule has 0 saturated carbocycles. The standard InChI is InChI=1S/C32H33F2N7O2/c1-18(2)27-29(19(3)10-11-36-27)41-31-23(14-22(15-35)28(37-31)26-24(34)8-7-9-25(26)43-6)30(38-32(41)42)40-13-12-39(16-20(4)33)17-21(40)5/h7-11,14,16,18,21H,12-13,17H2,1-6H3. The molecule has 222 valence electrons. The monoisotopic (exact) mass is 585 g/mol. The van der Waals surface area contributed by atoms with E-state index in [0.29, 0.717) is 42.2 Å². The predicted octanol–water partition coefficient (Wildman–Crippen LogP) is 5.64. The highest BCUT2D eigenvalue weighted by Gasteiger charge is 2.29. The number of ether oxygens (including phenoxy) is 1. The number of hydrogen-bond acceptors (Lipinski definition) is 8. The molecule has 0 N–H and O–H groups in total. The lowest BCUT2D eigenvalue weighted by Gasteiger charge is -2.40. The zero-order chi connectivity index (χ0) is 31.0. The van der Waals surface area contributed by atoms with Gasteiger partial charge in [0, 0.05) is 38.1 Å². The molecule has 5 rings (SSSR count). The Morgan fingerprint density at radius 2 is 2.00 bits per heavy atom. The second kappa shape index (κ2) is 11.8. The Morgan fingerprint density at radius 3 is 2.65 bits per heavy atom. The highest BCUT2D eigenvalue weighted by atomic mass is 19.1. The first-order valence-corrected chi connectivity index (χ1v) is 14.1. The molecule has 4 heterocycles. The smallest absolute Gasteiger partial charge is 0.355 e. The molecule has 0 bridgehead atoms. The third-order valence-corrected chi connectivity index (χ3v) is 7.62. The van der Waals surface area contributed by atoms with Crippen molar-refractivity contribution in [2.75, 3.05) is 31.6 Å². The van der Waals surface area contributed by atoms with Crippen LogP contribution in [0.2, 0.25) is 0 Å². The first kappa shape index (κ1) is 29.6. The molecule has 1 aliphatic rings. The van der Waals surface area contributed by atoms with Crippen molar-refractivity contribution in [1.82, 2.24) is 24.4 Å². The summed E-state index contributed by atoms with van der Waals surface area (Å²) in [5.74, 6) is -0.395. The number of allylic oxidation sites excluding steroid dienone is 1. The molecular weight excluding hydrogens is 552 g/mol. The van der Waals surface area contributed by atoms with E-state index in [9.17, 15) is 14.4 Å². The van der Waals surface area contributed by atoms with E-state index in [1.165, 1.54) is 36.9 Å². The van der Waals surface area contributed by atoms with E-state index < -0.39 is 11.5 Å². The molecule has 0 aliphatic carbocycles. The van der Waals surface area contributed by atoms with Crippen LogP contribution in [0.25, 0.3) is 28.0 Å². The summed E-state index contributed by atoms with van der Waals surface area (Å²) < 4.78 is 35.8. The fraction of sp³-hybridized carbons (Fsp3) is 0.344. The molecule has 1 fully saturated rings. The summed E-state index contributed by atoms with van der Waals surface area (Å²) in [6.45, 7) is 10.6. The number of hydrogen-bond donors (Lipinski definition) is 0. The molecule has 1 unspecified atom stereocenters. The maximum atomic E-state index is 15.4. The second-order valence-corrected chi connectivity index (χ2v) is 11.0. The summed E-state index contributed by atoms with van der Waals surface area (Å²) in [5.41, 5.74) is 1.77. The molecule has 1 aromatic carbocycles. The highest BCUT2D eigenvalue weighted by molar-refractivity contribution is 5.93. The lowest BCUT2D eigenvalue weighted by atomic mass is 10.0. The van der Waals surface area contributed by atoms with E-state index in [1.807, 2.05) is 37.5 Å². The van der Waals surface area contributed by atoms with Gasteiger partial charge in [-0.2, -0.15) is 10.2 Å². The van der Waals surface area contributed by atoms with Crippen LogP contribution >= 0.6 is 0 Å². The first-order chi connectivity index (χ1) is 20.5. The number of nitrogens with zero attached hydrogens (tertiary/aromatic N) is 7. The molecule has 3 aromatic heterocycles. The summed E-state index contributed by atoms with van der Waals surface area (Å²) in [5, 5.41) is 10.7. The molecule has 9 nitrogen and oxygen atoms in total. The minimum Gasteiger partial charge on any atom is -0.496 e. The van der Waals surface area contributed by atoms with Crippen LogP contribution in [0.1, 0.15) is 50.4 Å². The zero-order valence-corrected chi connectivity index (χ0v) is 25.0. The maximum Gasteiger partial charge on any atom is 0.355 e. The van der Waals surface area contributed by atoms with Crippen molar-refractivity contribution >= 4 is 16.9 Å². The molecule has 4 aromatic rings. The summed E-state index contributed by atoms with van der Waals surface area (Å²) in [4.78, 5) is 31.9. The summed E-state index contributed by atoms with van der Waals surface area (Å²) >= 11 is 0. The zero-order valence-electron chi connectivity index (χ0n) is 25.0. The quantitative estimate of drug-likeness (QED) is 0.287. The number of halogens is 2. The van der Waals surface area contributed by atoms with Gasteiger partial charge in [-0.15, -0.1) is 0 Å². The fourth-order valence-electron chi connectivity index (χ4n) is 5.68. The van der Waals surface area contributed by atoms with E-state index in [0.717, 1.165) is 5.56 Å². The number of fused-ring (bicyclic) bond motifs is 1. The molecular formula is C32H33F2N7O2. The van der Waals surface area contributed by atoms with E-state index in [-0.39, 0.29) is 46.0 Å². The summed E-state index contributed by atoms with van der Waals surface area (Å²) in [7, 11) is 1.41. The van der Waals surface area contributed by atoms with E-state index in [4.69, 9.17) is 9.72 Å². The molecule has 0 radical (unpaired) electrons. The van der Waals surface area contributed by atoms with Gasteiger partial charge in [-0.1, -0.05) is 19.9 Å². The summed E-state index contributed by atoms with van der Waals surface area (Å²) in [6.07, 6.45) is 3.16. The third kappa shape index (κ3) is 5.41. The van der Waals surface area contributed by atoms with Gasteiger partial charge in [0.2, 0.25) is 0 Å². The molecule has 1 aliphatic heterocycles. The van der Waals surface area contributed by atoms with E-state index >= 15 is 4.39 Å². The number of rotatable bonds is 6. The van der Waals surface area contributed by atoms with Crippen LogP contribution in [-0.4, -0.2) is 57.2 Å². The van der Waals surface area contributed by atoms with Crippen molar-refractivity contribution in [2.24, 2.45) is 0 Å². The average Bonchev–Trinajstić information content (AvgIpc) is 2.96. The Morgan fingerprint density at radius 1 is 1.23 bits per heavy atom. The Balaban J connectivity index is 1.87. The lowest BCUT2D eigenvalue weighted by Crippen LogP contribution is -2.51. The first-order valence-electron chi connectivity index (χ1n) is 14.1. The normalized spacial score (nSPS) is 15.7. The second-order valence-electron chi connectivity index (χ2n) is 11.0. The van der Waals surface area contributed by atoms with Crippen LogP contribution in [0.3, 0.4) is 0 Å². The predicted molar refractivity (Wildman–Crippen MR) is 162 cm³/mol. The van der Waals surface area contributed by atoms with Gasteiger partial charge in [-0.3, -0.25) is 4.98 Å². The number of methoxy groups -OCH3 is 1. The van der Waals surface area contributed by atoms with E-state index in [2.05, 4.69) is 16.0 Å². The van der Waals surface area contributed by atoms with Crippen molar-refractivity contribution in [3.8, 4) is 28.8 Å². The Hall–Kier alpha value is -4.85. The van der Waals surface area contributed by atoms with Crippen molar-refractivity contribution < 1.29 is 13.5 Å². The van der Waals surface area contributed by atoms with Crippen LogP contribution in [-0.2, 0) is 0 Å². The number of benzene rings is 1. The van der Waals surface area contributed by atoms with Crippen LogP contribution < -0.4 is 15.3 Å². The number of pyridine rings is 2. The highest BCUT2D eigenvalue weighted by Crippen LogP contribution is 2.37. The Kier molecular flexibility index (Phi) is 8.13. The van der Waals surface area contributed by atoms with Crippen molar-refractivity contribution in [1.29, 1.82) is 5.26 Å². The number of nitriles is 1. The molecule has 1 atom stereocenters. The number of aryl methyl sites for hydroxylation is 1. The largest absolute Gasteiger partial charge is 0.496 e. The van der Waals surface area contributed by atoms with Crippen LogP contribution in [0, 0.1) is 24.1 Å². The van der Waals surface area contributed by atoms with Gasteiger partial charge in [0.25, 0.3) is 0 Å². The summed E-state index contributed by atoms with van der Waals surface area (Å²) in [6, 6.07) is 9.79. The fourth-order valence-corrected chi connectivity index (χ4v) is 5.68. The van der Waals surface area contributed by atoms with Crippen LogP contribution in [0.4, 0.5) is 14.6 Å². The number of aromatic nitrogens is 4. The van der Waals surface area contributed by atoms with Crippen LogP contribution in [0.15, 0.2) is 53.4 Å². The van der Waals surface area contributed by atoms with E-state index in [1.54, 1.807) is 24.4 Å². The van der Waals surface area contributed by atoms with Crippen molar-refractivity contribution in [3.63, 3.8) is 0 Å². The van der Waals surface area contributed by atoms with Gasteiger partial charge in [0.15, 0.2) is 5.65 Å². The molecule has 11 heteroatoms. The average molecular weight is 586 g/mol. The topological polar surface area (TPSA) is 100 Å². The van der Waals surface area contributed by atoms with Gasteiger partial charge >= 0.3 is 5.69 Å². The Labute approximate surface area is 248 Å². The van der Waals surface area contributed by atoms with Gasteiger partial charge in [-0.25, -0.2) is 23.1 Å². The SMILES string of the molecule is COc1cccc(F)c1-c1nc2c(cc1C#N)c(N1CCN(C=C(C)F)CC1C)nc(=O)n2-c1c(C)ccnc1C(C)C. The van der Waals surface area contributed by atoms with Crippen molar-refractivity contribution in [3.05, 3.63) is 81.7 Å². The van der Waals surface area contributed by atoms with Gasteiger partial charge in [-0.05, 0) is 56.5 Å². The lowest BCUT2D eigenvalue weighted by molar-refractivity contribution is 0.299. The molecule has 43 heavy (non-hydrogen) atoms.